The summed E-state index contributed by atoms with van der Waals surface area (Å²) in [6, 6.07) is 11.0. The van der Waals surface area contributed by atoms with E-state index >= 15 is 0 Å². The van der Waals surface area contributed by atoms with Crippen LogP contribution in [-0.2, 0) is 11.3 Å². The summed E-state index contributed by atoms with van der Waals surface area (Å²) in [5.41, 5.74) is 2.24. The van der Waals surface area contributed by atoms with E-state index in [9.17, 15) is 13.6 Å². The van der Waals surface area contributed by atoms with Gasteiger partial charge < -0.3 is 15.4 Å². The molecule has 1 aliphatic rings. The number of piperidine rings is 1. The predicted molar refractivity (Wildman–Crippen MR) is 102 cm³/mol. The summed E-state index contributed by atoms with van der Waals surface area (Å²) in [5.74, 6) is -1.97. The van der Waals surface area contributed by atoms with Gasteiger partial charge in [0.05, 0.1) is 6.61 Å². The number of hydrogen-bond acceptors (Lipinski definition) is 3. The second kappa shape index (κ2) is 9.78. The molecule has 0 bridgehead atoms. The fourth-order valence-corrected chi connectivity index (χ4v) is 3.32. The molecule has 1 aliphatic heterocycles. The van der Waals surface area contributed by atoms with Crippen LogP contribution in [0.5, 0.6) is 0 Å². The minimum Gasteiger partial charge on any atom is -0.380 e. The van der Waals surface area contributed by atoms with Crippen molar-refractivity contribution in [1.82, 2.24) is 10.6 Å². The van der Waals surface area contributed by atoms with Crippen LogP contribution in [0.3, 0.4) is 0 Å². The quantitative estimate of drug-likeness (QED) is 0.814. The highest BCUT2D eigenvalue weighted by molar-refractivity contribution is 5.94. The molecule has 0 aliphatic carbocycles. The first-order chi connectivity index (χ1) is 12.6. The Bertz CT molecular complexity index is 771. The first kappa shape index (κ1) is 21.3. The number of ether oxygens (including phenoxy) is 1. The fraction of sp³-hybridized carbons (Fsp3) is 0.350. The molecule has 3 rings (SSSR count). The molecule has 1 saturated heterocycles. The van der Waals surface area contributed by atoms with E-state index in [1.165, 1.54) is 6.07 Å². The fourth-order valence-electron chi connectivity index (χ4n) is 3.32. The van der Waals surface area contributed by atoms with E-state index in [0.717, 1.165) is 24.6 Å². The predicted octanol–water partition coefficient (Wildman–Crippen LogP) is 3.41. The minimum atomic E-state index is -0.862. The lowest BCUT2D eigenvalue weighted by Gasteiger charge is -2.33. The van der Waals surface area contributed by atoms with E-state index < -0.39 is 11.6 Å². The number of carbonyl (C=O) groups is 1. The van der Waals surface area contributed by atoms with E-state index in [1.807, 2.05) is 12.1 Å². The number of carbonyl (C=O) groups excluding carboxylic acids is 1. The van der Waals surface area contributed by atoms with Crippen molar-refractivity contribution < 1.29 is 18.3 Å². The van der Waals surface area contributed by atoms with E-state index in [2.05, 4.69) is 10.6 Å². The van der Waals surface area contributed by atoms with Crippen LogP contribution in [0, 0.1) is 11.6 Å². The Kier molecular flexibility index (Phi) is 7.71. The van der Waals surface area contributed by atoms with E-state index in [4.69, 9.17) is 4.74 Å². The SMILES string of the molecule is COCc1ccc(C(=O)NC2CNCCC2c2ccc(F)c(F)c2)cc1.Cl. The van der Waals surface area contributed by atoms with Gasteiger partial charge in [-0.3, -0.25) is 4.79 Å². The van der Waals surface area contributed by atoms with Gasteiger partial charge in [0.2, 0.25) is 0 Å². The van der Waals surface area contributed by atoms with Gasteiger partial charge in [0.15, 0.2) is 11.6 Å². The molecule has 2 N–H and O–H groups in total. The molecule has 1 amide bonds. The number of methoxy groups -OCH3 is 1. The van der Waals surface area contributed by atoms with Crippen LogP contribution in [0.1, 0.15) is 33.8 Å². The summed E-state index contributed by atoms with van der Waals surface area (Å²) in [7, 11) is 1.62. The molecule has 1 heterocycles. The third-order valence-corrected chi connectivity index (χ3v) is 4.70. The maximum atomic E-state index is 13.6. The van der Waals surface area contributed by atoms with Gasteiger partial charge in [0, 0.05) is 31.2 Å². The van der Waals surface area contributed by atoms with Gasteiger partial charge >= 0.3 is 0 Å². The average Bonchev–Trinajstić information content (AvgIpc) is 2.65. The van der Waals surface area contributed by atoms with Gasteiger partial charge in [-0.05, 0) is 48.4 Å². The molecule has 0 spiro atoms. The highest BCUT2D eigenvalue weighted by Crippen LogP contribution is 2.27. The van der Waals surface area contributed by atoms with Crippen LogP contribution in [0.15, 0.2) is 42.5 Å². The van der Waals surface area contributed by atoms with Crippen molar-refractivity contribution in [3.63, 3.8) is 0 Å². The Balaban J connectivity index is 0.00000261. The normalized spacial score (nSPS) is 19.2. The van der Waals surface area contributed by atoms with E-state index in [-0.39, 0.29) is 30.3 Å². The van der Waals surface area contributed by atoms with E-state index in [0.29, 0.717) is 24.3 Å². The topological polar surface area (TPSA) is 50.4 Å². The number of halogens is 3. The van der Waals surface area contributed by atoms with Gasteiger partial charge in [0.25, 0.3) is 5.91 Å². The van der Waals surface area contributed by atoms with Crippen LogP contribution in [0.2, 0.25) is 0 Å². The standard InChI is InChI=1S/C20H22F2N2O2.ClH/c1-26-12-13-2-4-14(5-3-13)20(25)24-19-11-23-9-8-16(19)15-6-7-17(21)18(22)10-15;/h2-7,10,16,19,23H,8-9,11-12H2,1H3,(H,24,25);1H. The number of benzene rings is 2. The first-order valence-electron chi connectivity index (χ1n) is 8.63. The number of rotatable bonds is 5. The zero-order valence-corrected chi connectivity index (χ0v) is 15.8. The summed E-state index contributed by atoms with van der Waals surface area (Å²) in [5, 5.41) is 6.26. The Hall–Kier alpha value is -2.02. The van der Waals surface area contributed by atoms with Crippen LogP contribution in [-0.4, -0.2) is 32.1 Å². The number of amides is 1. The monoisotopic (exact) mass is 396 g/mol. The largest absolute Gasteiger partial charge is 0.380 e. The van der Waals surface area contributed by atoms with Crippen LogP contribution in [0.4, 0.5) is 8.78 Å². The van der Waals surface area contributed by atoms with Crippen molar-refractivity contribution in [3.8, 4) is 0 Å². The highest BCUT2D eigenvalue weighted by atomic mass is 35.5. The summed E-state index contributed by atoms with van der Waals surface area (Å²) < 4.78 is 31.9. The van der Waals surface area contributed by atoms with Gasteiger partial charge in [0.1, 0.15) is 0 Å². The summed E-state index contributed by atoms with van der Waals surface area (Å²) >= 11 is 0. The second-order valence-corrected chi connectivity index (χ2v) is 6.48. The molecule has 0 aromatic heterocycles. The van der Waals surface area contributed by atoms with Crippen molar-refractivity contribution in [1.29, 1.82) is 0 Å². The molecule has 0 radical (unpaired) electrons. The van der Waals surface area contributed by atoms with Gasteiger partial charge in [-0.15, -0.1) is 12.4 Å². The Morgan fingerprint density at radius 1 is 1.19 bits per heavy atom. The molecule has 2 unspecified atom stereocenters. The van der Waals surface area contributed by atoms with Crippen molar-refractivity contribution in [2.24, 2.45) is 0 Å². The van der Waals surface area contributed by atoms with E-state index in [1.54, 1.807) is 25.3 Å². The number of hydrogen-bond donors (Lipinski definition) is 2. The van der Waals surface area contributed by atoms with Crippen LogP contribution >= 0.6 is 12.4 Å². The molecular weight excluding hydrogens is 374 g/mol. The van der Waals surface area contributed by atoms with Crippen molar-refractivity contribution in [2.45, 2.75) is 25.0 Å². The maximum Gasteiger partial charge on any atom is 0.251 e. The molecule has 2 atom stereocenters. The lowest BCUT2D eigenvalue weighted by atomic mass is 9.85. The van der Waals surface area contributed by atoms with Crippen LogP contribution in [0.25, 0.3) is 0 Å². The molecule has 27 heavy (non-hydrogen) atoms. The second-order valence-electron chi connectivity index (χ2n) is 6.48. The Morgan fingerprint density at radius 2 is 1.93 bits per heavy atom. The zero-order chi connectivity index (χ0) is 18.5. The van der Waals surface area contributed by atoms with Gasteiger partial charge in [-0.25, -0.2) is 8.78 Å². The summed E-state index contributed by atoms with van der Waals surface area (Å²) in [6.45, 7) is 1.84. The zero-order valence-electron chi connectivity index (χ0n) is 15.0. The highest BCUT2D eigenvalue weighted by Gasteiger charge is 2.28. The minimum absolute atomic E-state index is 0. The lowest BCUT2D eigenvalue weighted by Crippen LogP contribution is -2.50. The van der Waals surface area contributed by atoms with Crippen molar-refractivity contribution >= 4 is 18.3 Å². The molecule has 4 nitrogen and oxygen atoms in total. The van der Waals surface area contributed by atoms with Crippen molar-refractivity contribution in [3.05, 3.63) is 70.8 Å². The average molecular weight is 397 g/mol. The van der Waals surface area contributed by atoms with Crippen LogP contribution < -0.4 is 10.6 Å². The molecule has 2 aromatic carbocycles. The molecule has 1 fully saturated rings. The van der Waals surface area contributed by atoms with Gasteiger partial charge in [-0.1, -0.05) is 18.2 Å². The molecule has 0 saturated carbocycles. The third-order valence-electron chi connectivity index (χ3n) is 4.70. The molecule has 146 valence electrons. The van der Waals surface area contributed by atoms with Gasteiger partial charge in [-0.2, -0.15) is 0 Å². The lowest BCUT2D eigenvalue weighted by molar-refractivity contribution is 0.0924. The number of nitrogens with one attached hydrogen (secondary N) is 2. The molecular formula is C20H23ClF2N2O2. The summed E-state index contributed by atoms with van der Waals surface area (Å²) in [4.78, 5) is 12.6. The smallest absolute Gasteiger partial charge is 0.251 e. The maximum absolute atomic E-state index is 13.6. The first-order valence-corrected chi connectivity index (χ1v) is 8.63. The Morgan fingerprint density at radius 3 is 2.59 bits per heavy atom. The Labute approximate surface area is 163 Å². The summed E-state index contributed by atoms with van der Waals surface area (Å²) in [6.07, 6.45) is 0.739. The molecule has 7 heteroatoms. The third kappa shape index (κ3) is 5.25. The van der Waals surface area contributed by atoms with Crippen molar-refractivity contribution in [2.75, 3.05) is 20.2 Å². The molecule has 2 aromatic rings.